The molecule has 28 heavy (non-hydrogen) atoms. The first-order chi connectivity index (χ1) is 13.9. The second kappa shape index (κ2) is 9.46. The molecule has 0 aliphatic carbocycles. The van der Waals surface area contributed by atoms with Crippen LogP contribution in [0, 0.1) is 0 Å². The molecule has 0 amide bonds. The average molecular weight is 381 g/mol. The number of rotatable bonds is 7. The second-order valence-corrected chi connectivity index (χ2v) is 9.01. The molecule has 4 aromatic carbocycles. The standard InChI is InChI=1S/C26H24NP/c1-5-13-22(14-6-1)21-27-26(23-15-7-2-8-16-23)28(24-17-9-3-10-18-24)25-19-11-4-12-20-25/h1-20,26-27H,21H2. The summed E-state index contributed by atoms with van der Waals surface area (Å²) in [6, 6.07) is 43.3. The lowest BCUT2D eigenvalue weighted by Crippen LogP contribution is -2.27. The molecule has 0 aliphatic rings. The maximum Gasteiger partial charge on any atom is 0.0608 e. The van der Waals surface area contributed by atoms with Crippen LogP contribution in [0.5, 0.6) is 0 Å². The van der Waals surface area contributed by atoms with E-state index in [9.17, 15) is 0 Å². The van der Waals surface area contributed by atoms with E-state index in [2.05, 4.69) is 127 Å². The van der Waals surface area contributed by atoms with Gasteiger partial charge in [-0.15, -0.1) is 0 Å². The third-order valence-corrected chi connectivity index (χ3v) is 7.49. The van der Waals surface area contributed by atoms with Crippen LogP contribution in [0.2, 0.25) is 0 Å². The van der Waals surface area contributed by atoms with Crippen LogP contribution >= 0.6 is 7.92 Å². The first-order valence-electron chi connectivity index (χ1n) is 9.63. The van der Waals surface area contributed by atoms with Crippen molar-refractivity contribution in [3.63, 3.8) is 0 Å². The normalized spacial score (nSPS) is 12.0. The van der Waals surface area contributed by atoms with Gasteiger partial charge in [-0.3, -0.25) is 0 Å². The number of hydrogen-bond acceptors (Lipinski definition) is 1. The van der Waals surface area contributed by atoms with Crippen molar-refractivity contribution in [1.29, 1.82) is 0 Å². The Labute approximate surface area is 168 Å². The quantitative estimate of drug-likeness (QED) is 0.411. The summed E-state index contributed by atoms with van der Waals surface area (Å²) in [5.74, 6) is 0.237. The Hall–Kier alpha value is -2.73. The second-order valence-electron chi connectivity index (χ2n) is 6.72. The van der Waals surface area contributed by atoms with Crippen LogP contribution in [0.3, 0.4) is 0 Å². The van der Waals surface area contributed by atoms with E-state index in [0.29, 0.717) is 0 Å². The molecular formula is C26H24NP. The van der Waals surface area contributed by atoms with Crippen LogP contribution in [-0.4, -0.2) is 0 Å². The molecule has 1 atom stereocenters. The van der Waals surface area contributed by atoms with Crippen molar-refractivity contribution < 1.29 is 0 Å². The molecule has 1 unspecified atom stereocenters. The molecule has 1 N–H and O–H groups in total. The van der Waals surface area contributed by atoms with E-state index in [0.717, 1.165) is 6.54 Å². The Morgan fingerprint density at radius 1 is 0.536 bits per heavy atom. The van der Waals surface area contributed by atoms with E-state index in [1.54, 1.807) is 0 Å². The number of benzene rings is 4. The summed E-state index contributed by atoms with van der Waals surface area (Å²) >= 11 is 0. The summed E-state index contributed by atoms with van der Waals surface area (Å²) < 4.78 is 0. The Morgan fingerprint density at radius 2 is 0.964 bits per heavy atom. The van der Waals surface area contributed by atoms with Crippen molar-refractivity contribution >= 4 is 18.5 Å². The zero-order chi connectivity index (χ0) is 19.0. The van der Waals surface area contributed by atoms with Gasteiger partial charge in [0.25, 0.3) is 0 Å². The van der Waals surface area contributed by atoms with Gasteiger partial charge in [0.15, 0.2) is 0 Å². The molecule has 0 fully saturated rings. The van der Waals surface area contributed by atoms with Crippen LogP contribution in [0.1, 0.15) is 16.9 Å². The highest BCUT2D eigenvalue weighted by atomic mass is 31.1. The van der Waals surface area contributed by atoms with Gasteiger partial charge in [0.2, 0.25) is 0 Å². The zero-order valence-corrected chi connectivity index (χ0v) is 16.7. The van der Waals surface area contributed by atoms with E-state index in [4.69, 9.17) is 0 Å². The third kappa shape index (κ3) is 4.57. The lowest BCUT2D eigenvalue weighted by atomic mass is 10.2. The van der Waals surface area contributed by atoms with Crippen molar-refractivity contribution in [2.24, 2.45) is 0 Å². The van der Waals surface area contributed by atoms with Gasteiger partial charge in [-0.25, -0.2) is 0 Å². The van der Waals surface area contributed by atoms with Crippen molar-refractivity contribution in [2.45, 2.75) is 12.3 Å². The fourth-order valence-electron chi connectivity index (χ4n) is 3.43. The zero-order valence-electron chi connectivity index (χ0n) is 15.8. The molecule has 1 nitrogen and oxygen atoms in total. The Balaban J connectivity index is 1.75. The van der Waals surface area contributed by atoms with Crippen molar-refractivity contribution in [3.8, 4) is 0 Å². The molecule has 0 radical (unpaired) electrons. The van der Waals surface area contributed by atoms with Gasteiger partial charge in [0.05, 0.1) is 5.78 Å². The van der Waals surface area contributed by atoms with Gasteiger partial charge in [-0.2, -0.15) is 0 Å². The highest BCUT2D eigenvalue weighted by Crippen LogP contribution is 2.47. The predicted molar refractivity (Wildman–Crippen MR) is 122 cm³/mol. The molecule has 4 rings (SSSR count). The van der Waals surface area contributed by atoms with Crippen LogP contribution in [-0.2, 0) is 6.54 Å². The summed E-state index contributed by atoms with van der Waals surface area (Å²) in [6.45, 7) is 0.846. The van der Waals surface area contributed by atoms with Gasteiger partial charge in [0.1, 0.15) is 0 Å². The lowest BCUT2D eigenvalue weighted by Gasteiger charge is -2.30. The molecule has 0 saturated heterocycles. The largest absolute Gasteiger partial charge is 0.302 e. The fraction of sp³-hybridized carbons (Fsp3) is 0.0769. The summed E-state index contributed by atoms with van der Waals surface area (Å²) in [5, 5.41) is 6.65. The highest BCUT2D eigenvalue weighted by Gasteiger charge is 2.25. The first-order valence-corrected chi connectivity index (χ1v) is 11.0. The van der Waals surface area contributed by atoms with Gasteiger partial charge in [-0.1, -0.05) is 121 Å². The minimum absolute atomic E-state index is 0.237. The van der Waals surface area contributed by atoms with Crippen molar-refractivity contribution in [3.05, 3.63) is 132 Å². The van der Waals surface area contributed by atoms with E-state index >= 15 is 0 Å². The summed E-state index contributed by atoms with van der Waals surface area (Å²) in [4.78, 5) is 0. The van der Waals surface area contributed by atoms with Crippen LogP contribution in [0.4, 0.5) is 0 Å². The molecule has 2 heteroatoms. The van der Waals surface area contributed by atoms with Gasteiger partial charge in [-0.05, 0) is 29.7 Å². The average Bonchev–Trinajstić information content (AvgIpc) is 2.79. The fourth-order valence-corrected chi connectivity index (χ4v) is 6.05. The summed E-state index contributed by atoms with van der Waals surface area (Å²) in [7, 11) is -0.598. The topological polar surface area (TPSA) is 12.0 Å². The minimum atomic E-state index is -0.598. The molecule has 0 bridgehead atoms. The summed E-state index contributed by atoms with van der Waals surface area (Å²) in [5.41, 5.74) is 2.64. The van der Waals surface area contributed by atoms with Crippen LogP contribution in [0.15, 0.2) is 121 Å². The minimum Gasteiger partial charge on any atom is -0.302 e. The van der Waals surface area contributed by atoms with E-state index in [-0.39, 0.29) is 5.78 Å². The lowest BCUT2D eigenvalue weighted by molar-refractivity contribution is 0.673. The van der Waals surface area contributed by atoms with Crippen molar-refractivity contribution in [1.82, 2.24) is 5.32 Å². The van der Waals surface area contributed by atoms with Gasteiger partial charge >= 0.3 is 0 Å². The smallest absolute Gasteiger partial charge is 0.0608 e. The van der Waals surface area contributed by atoms with Gasteiger partial charge in [0, 0.05) is 6.54 Å². The molecule has 0 saturated carbocycles. The highest BCUT2D eigenvalue weighted by molar-refractivity contribution is 7.73. The maximum atomic E-state index is 3.88. The number of nitrogens with one attached hydrogen (secondary N) is 1. The molecule has 4 aromatic rings. The number of hydrogen-bond donors (Lipinski definition) is 1. The van der Waals surface area contributed by atoms with Gasteiger partial charge < -0.3 is 5.32 Å². The van der Waals surface area contributed by atoms with Crippen LogP contribution < -0.4 is 15.9 Å². The monoisotopic (exact) mass is 381 g/mol. The molecule has 138 valence electrons. The molecule has 0 aromatic heterocycles. The van der Waals surface area contributed by atoms with E-state index < -0.39 is 7.92 Å². The first kappa shape index (κ1) is 18.6. The Morgan fingerprint density at radius 3 is 1.46 bits per heavy atom. The van der Waals surface area contributed by atoms with Crippen LogP contribution in [0.25, 0.3) is 0 Å². The van der Waals surface area contributed by atoms with E-state index in [1.807, 2.05) is 0 Å². The van der Waals surface area contributed by atoms with Crippen molar-refractivity contribution in [2.75, 3.05) is 0 Å². The molecule has 0 heterocycles. The molecular weight excluding hydrogens is 357 g/mol. The maximum absolute atomic E-state index is 3.88. The summed E-state index contributed by atoms with van der Waals surface area (Å²) in [6.07, 6.45) is 0. The third-order valence-electron chi connectivity index (χ3n) is 4.78. The molecule has 0 spiro atoms. The van der Waals surface area contributed by atoms with E-state index in [1.165, 1.54) is 21.7 Å². The molecule has 0 aliphatic heterocycles. The Bertz CT molecular complexity index is 917. The Kier molecular flexibility index (Phi) is 6.29. The SMILES string of the molecule is c1ccc(CNC(c2ccccc2)P(c2ccccc2)c2ccccc2)cc1. The predicted octanol–water partition coefficient (Wildman–Crippen LogP) is 5.61.